The fourth-order valence-corrected chi connectivity index (χ4v) is 2.47. The van der Waals surface area contributed by atoms with E-state index in [2.05, 4.69) is 15.5 Å². The van der Waals surface area contributed by atoms with Crippen molar-refractivity contribution in [3.05, 3.63) is 52.5 Å². The summed E-state index contributed by atoms with van der Waals surface area (Å²) in [5.41, 5.74) is 0.833. The molecule has 0 spiro atoms. The van der Waals surface area contributed by atoms with E-state index >= 15 is 0 Å². The zero-order valence-electron chi connectivity index (χ0n) is 11.5. The molecular formula is C15H9Cl2N3O3. The van der Waals surface area contributed by atoms with Gasteiger partial charge in [0.1, 0.15) is 0 Å². The van der Waals surface area contributed by atoms with Crippen LogP contribution in [-0.2, 0) is 0 Å². The number of fused-ring (bicyclic) bond motifs is 1. The average molecular weight is 350 g/mol. The van der Waals surface area contributed by atoms with Crippen LogP contribution in [0.2, 0.25) is 10.0 Å². The summed E-state index contributed by atoms with van der Waals surface area (Å²) in [6.07, 6.45) is -0.858. The number of ether oxygens (including phenoxy) is 1. The maximum atomic E-state index is 11.9. The van der Waals surface area contributed by atoms with Crippen molar-refractivity contribution in [3.8, 4) is 11.6 Å². The number of halogens is 2. The highest BCUT2D eigenvalue weighted by Gasteiger charge is 2.15. The normalized spacial score (nSPS) is 10.5. The molecule has 1 amide bonds. The van der Waals surface area contributed by atoms with Crippen molar-refractivity contribution in [1.29, 1.82) is 0 Å². The first-order valence-electron chi connectivity index (χ1n) is 6.42. The number of aromatic hydroxyl groups is 1. The first-order valence-corrected chi connectivity index (χ1v) is 7.18. The number of hydrogen-bond donors (Lipinski definition) is 2. The monoisotopic (exact) mass is 349 g/mol. The summed E-state index contributed by atoms with van der Waals surface area (Å²) < 4.78 is 4.98. The van der Waals surface area contributed by atoms with Gasteiger partial charge in [-0.2, -0.15) is 0 Å². The Labute approximate surface area is 140 Å². The van der Waals surface area contributed by atoms with Crippen molar-refractivity contribution in [2.24, 2.45) is 0 Å². The van der Waals surface area contributed by atoms with Gasteiger partial charge in [0.05, 0.1) is 5.52 Å². The third-order valence-electron chi connectivity index (χ3n) is 2.91. The van der Waals surface area contributed by atoms with Gasteiger partial charge in [-0.15, -0.1) is 10.2 Å². The van der Waals surface area contributed by atoms with E-state index in [0.29, 0.717) is 26.6 Å². The second kappa shape index (κ2) is 6.28. The Kier molecular flexibility index (Phi) is 4.18. The number of anilines is 1. The van der Waals surface area contributed by atoms with Gasteiger partial charge in [0.25, 0.3) is 5.88 Å². The molecular weight excluding hydrogens is 341 g/mol. The van der Waals surface area contributed by atoms with Gasteiger partial charge in [0, 0.05) is 21.1 Å². The summed E-state index contributed by atoms with van der Waals surface area (Å²) in [5.74, 6) is -0.566. The number of benzene rings is 2. The Morgan fingerprint density at radius 3 is 2.52 bits per heavy atom. The largest absolute Gasteiger partial charge is 0.503 e. The lowest BCUT2D eigenvalue weighted by molar-refractivity contribution is 0.210. The Balaban J connectivity index is 1.81. The van der Waals surface area contributed by atoms with Crippen LogP contribution in [0.1, 0.15) is 0 Å². The van der Waals surface area contributed by atoms with Crippen LogP contribution >= 0.6 is 23.2 Å². The number of carbonyl (C=O) groups is 1. The molecule has 2 aromatic carbocycles. The number of nitrogens with one attached hydrogen (secondary N) is 1. The molecule has 1 aromatic heterocycles. The van der Waals surface area contributed by atoms with Gasteiger partial charge in [0.2, 0.25) is 0 Å². The molecule has 0 aliphatic rings. The number of carbonyl (C=O) groups excluding carboxylic acids is 1. The van der Waals surface area contributed by atoms with Crippen molar-refractivity contribution in [2.45, 2.75) is 0 Å². The lowest BCUT2D eigenvalue weighted by Crippen LogP contribution is -2.17. The van der Waals surface area contributed by atoms with Crippen molar-refractivity contribution in [2.75, 3.05) is 5.32 Å². The van der Waals surface area contributed by atoms with E-state index in [4.69, 9.17) is 27.9 Å². The highest BCUT2D eigenvalue weighted by Crippen LogP contribution is 2.31. The number of rotatable bonds is 2. The zero-order chi connectivity index (χ0) is 16.4. The van der Waals surface area contributed by atoms with Gasteiger partial charge >= 0.3 is 6.09 Å². The molecule has 8 heteroatoms. The molecule has 0 radical (unpaired) electrons. The smallest absolute Gasteiger partial charge is 0.418 e. The highest BCUT2D eigenvalue weighted by molar-refractivity contribution is 6.35. The molecule has 3 rings (SSSR count). The summed E-state index contributed by atoms with van der Waals surface area (Å²) in [7, 11) is 0. The van der Waals surface area contributed by atoms with Crippen molar-refractivity contribution in [1.82, 2.24) is 10.2 Å². The van der Waals surface area contributed by atoms with E-state index in [1.54, 1.807) is 24.3 Å². The second-order valence-electron chi connectivity index (χ2n) is 4.54. The van der Waals surface area contributed by atoms with Crippen LogP contribution in [0.4, 0.5) is 10.5 Å². The minimum Gasteiger partial charge on any atom is -0.503 e. The van der Waals surface area contributed by atoms with Gasteiger partial charge in [0.15, 0.2) is 5.75 Å². The summed E-state index contributed by atoms with van der Waals surface area (Å²) in [4.78, 5) is 11.9. The number of aromatic nitrogens is 2. The Bertz CT molecular complexity index is 882. The molecule has 1 heterocycles. The molecule has 116 valence electrons. The zero-order valence-corrected chi connectivity index (χ0v) is 13.0. The van der Waals surface area contributed by atoms with Gasteiger partial charge in [-0.1, -0.05) is 35.3 Å². The summed E-state index contributed by atoms with van der Waals surface area (Å²) in [5, 5.41) is 21.3. The van der Waals surface area contributed by atoms with Gasteiger partial charge in [-0.25, -0.2) is 4.79 Å². The molecule has 2 N–H and O–H groups in total. The summed E-state index contributed by atoms with van der Waals surface area (Å²) in [6.45, 7) is 0. The topological polar surface area (TPSA) is 84.3 Å². The van der Waals surface area contributed by atoms with Crippen LogP contribution in [0.5, 0.6) is 11.6 Å². The van der Waals surface area contributed by atoms with Crippen LogP contribution < -0.4 is 10.1 Å². The van der Waals surface area contributed by atoms with Crippen molar-refractivity contribution < 1.29 is 14.6 Å². The average Bonchev–Trinajstić information content (AvgIpc) is 2.49. The SMILES string of the molecule is O=C(Nc1cc(Cl)cc(Cl)c1)Oc1nnc2ccccc2c1O. The maximum Gasteiger partial charge on any atom is 0.418 e. The van der Waals surface area contributed by atoms with E-state index in [-0.39, 0.29) is 11.6 Å². The first-order chi connectivity index (χ1) is 11.0. The standard InChI is InChI=1S/C15H9Cl2N3O3/c16-8-5-9(17)7-10(6-8)18-15(22)23-14-13(21)11-3-1-2-4-12(11)19-20-14/h1-7H,(H,18,22)(H,19,21). The minimum absolute atomic E-state index is 0.269. The Hall–Kier alpha value is -2.57. The van der Waals surface area contributed by atoms with E-state index in [9.17, 15) is 9.90 Å². The van der Waals surface area contributed by atoms with Gasteiger partial charge < -0.3 is 9.84 Å². The van der Waals surface area contributed by atoms with Gasteiger partial charge in [-0.05, 0) is 30.3 Å². The predicted molar refractivity (Wildman–Crippen MR) is 87.3 cm³/mol. The molecule has 0 aliphatic heterocycles. The predicted octanol–water partition coefficient (Wildman–Crippen LogP) is 4.25. The van der Waals surface area contributed by atoms with Crippen molar-refractivity contribution in [3.63, 3.8) is 0 Å². The third-order valence-corrected chi connectivity index (χ3v) is 3.35. The molecule has 0 saturated carbocycles. The molecule has 6 nitrogen and oxygen atoms in total. The molecule has 0 fully saturated rings. The third kappa shape index (κ3) is 3.44. The Morgan fingerprint density at radius 2 is 1.78 bits per heavy atom. The van der Waals surface area contributed by atoms with Crippen LogP contribution in [0, 0.1) is 0 Å². The van der Waals surface area contributed by atoms with E-state index in [0.717, 1.165) is 0 Å². The van der Waals surface area contributed by atoms with Crippen LogP contribution in [-0.4, -0.2) is 21.4 Å². The molecule has 23 heavy (non-hydrogen) atoms. The number of hydrogen-bond acceptors (Lipinski definition) is 5. The summed E-state index contributed by atoms with van der Waals surface area (Å²) >= 11 is 11.7. The first kappa shape index (κ1) is 15.3. The van der Waals surface area contributed by atoms with E-state index in [1.165, 1.54) is 18.2 Å². The van der Waals surface area contributed by atoms with Crippen LogP contribution in [0.3, 0.4) is 0 Å². The highest BCUT2D eigenvalue weighted by atomic mass is 35.5. The van der Waals surface area contributed by atoms with Gasteiger partial charge in [-0.3, -0.25) is 5.32 Å². The van der Waals surface area contributed by atoms with Crippen molar-refractivity contribution >= 4 is 45.9 Å². The maximum absolute atomic E-state index is 11.9. The van der Waals surface area contributed by atoms with E-state index in [1.807, 2.05) is 0 Å². The van der Waals surface area contributed by atoms with Crippen LogP contribution in [0.25, 0.3) is 10.9 Å². The van der Waals surface area contributed by atoms with Crippen LogP contribution in [0.15, 0.2) is 42.5 Å². The summed E-state index contributed by atoms with van der Waals surface area (Å²) in [6, 6.07) is 11.3. The molecule has 3 aromatic rings. The molecule has 0 saturated heterocycles. The lowest BCUT2D eigenvalue weighted by Gasteiger charge is -2.08. The van der Waals surface area contributed by atoms with E-state index < -0.39 is 6.09 Å². The second-order valence-corrected chi connectivity index (χ2v) is 5.42. The quantitative estimate of drug-likeness (QED) is 0.722. The Morgan fingerprint density at radius 1 is 1.09 bits per heavy atom. The molecule has 0 atom stereocenters. The number of amides is 1. The fraction of sp³-hybridized carbons (Fsp3) is 0. The minimum atomic E-state index is -0.858. The fourth-order valence-electron chi connectivity index (χ4n) is 1.95. The molecule has 0 aliphatic carbocycles. The number of nitrogens with zero attached hydrogens (tertiary/aromatic N) is 2. The molecule has 0 bridgehead atoms. The molecule has 0 unspecified atom stereocenters. The lowest BCUT2D eigenvalue weighted by atomic mass is 10.2.